The molecule has 0 heterocycles. The van der Waals surface area contributed by atoms with Crippen molar-refractivity contribution in [3.8, 4) is 5.75 Å². The molecule has 0 radical (unpaired) electrons. The predicted molar refractivity (Wildman–Crippen MR) is 112 cm³/mol. The maximum Gasteiger partial charge on any atom is 0.191 e. The van der Waals surface area contributed by atoms with Gasteiger partial charge >= 0.3 is 0 Å². The summed E-state index contributed by atoms with van der Waals surface area (Å²) in [7, 11) is -1.36. The van der Waals surface area contributed by atoms with Gasteiger partial charge in [-0.25, -0.2) is 12.8 Å². The number of sulfone groups is 1. The van der Waals surface area contributed by atoms with Crippen LogP contribution in [-0.2, 0) is 14.6 Å². The minimum atomic E-state index is -3.00. The van der Waals surface area contributed by atoms with Gasteiger partial charge in [0.15, 0.2) is 5.96 Å². The van der Waals surface area contributed by atoms with Crippen LogP contribution in [0.3, 0.4) is 0 Å². The summed E-state index contributed by atoms with van der Waals surface area (Å²) in [4.78, 5) is 4.07. The van der Waals surface area contributed by atoms with Crippen LogP contribution in [0.15, 0.2) is 29.3 Å². The van der Waals surface area contributed by atoms with E-state index >= 15 is 0 Å². The van der Waals surface area contributed by atoms with Crippen molar-refractivity contribution in [3.05, 3.63) is 30.1 Å². The number of hydrogen-bond acceptors (Lipinski definition) is 5. The van der Waals surface area contributed by atoms with Crippen LogP contribution in [0.1, 0.15) is 6.92 Å². The largest absolute Gasteiger partial charge is 0.489 e. The molecule has 1 rings (SSSR count). The Kier molecular flexibility index (Phi) is 12.5. The van der Waals surface area contributed by atoms with Crippen LogP contribution < -0.4 is 15.4 Å². The van der Waals surface area contributed by atoms with Gasteiger partial charge in [-0.05, 0) is 19.1 Å². The smallest absolute Gasteiger partial charge is 0.191 e. The minimum absolute atomic E-state index is 0. The van der Waals surface area contributed by atoms with Gasteiger partial charge in [-0.1, -0.05) is 6.07 Å². The van der Waals surface area contributed by atoms with Crippen molar-refractivity contribution >= 4 is 39.8 Å². The van der Waals surface area contributed by atoms with Gasteiger partial charge in [0, 0.05) is 25.9 Å². The second-order valence-corrected chi connectivity index (χ2v) is 7.77. The molecule has 26 heavy (non-hydrogen) atoms. The lowest BCUT2D eigenvalue weighted by Crippen LogP contribution is -2.42. The fraction of sp³-hybridized carbons (Fsp3) is 0.562. The van der Waals surface area contributed by atoms with Crippen molar-refractivity contribution in [2.75, 3.05) is 45.4 Å². The van der Waals surface area contributed by atoms with Crippen LogP contribution >= 0.6 is 24.0 Å². The molecule has 1 aromatic carbocycles. The molecule has 1 atom stereocenters. The first kappa shape index (κ1) is 24.9. The van der Waals surface area contributed by atoms with Crippen LogP contribution in [0.2, 0.25) is 0 Å². The normalized spacial score (nSPS) is 12.8. The highest BCUT2D eigenvalue weighted by Crippen LogP contribution is 2.13. The van der Waals surface area contributed by atoms with E-state index in [2.05, 4.69) is 15.6 Å². The van der Waals surface area contributed by atoms with E-state index in [0.717, 1.165) is 0 Å². The molecule has 0 aliphatic rings. The summed E-state index contributed by atoms with van der Waals surface area (Å²) < 4.78 is 45.9. The maximum atomic E-state index is 13.1. The third kappa shape index (κ3) is 12.3. The maximum absolute atomic E-state index is 13.1. The number of nitrogens with one attached hydrogen (secondary N) is 2. The first-order chi connectivity index (χ1) is 11.8. The summed E-state index contributed by atoms with van der Waals surface area (Å²) in [6, 6.07) is 5.98. The van der Waals surface area contributed by atoms with Gasteiger partial charge in [-0.2, -0.15) is 0 Å². The number of ether oxygens (including phenoxy) is 2. The molecule has 0 aromatic heterocycles. The first-order valence-corrected chi connectivity index (χ1v) is 9.98. The Balaban J connectivity index is 0.00000625. The molecule has 10 heteroatoms. The lowest BCUT2D eigenvalue weighted by atomic mass is 10.3. The monoisotopic (exact) mass is 503 g/mol. The van der Waals surface area contributed by atoms with E-state index in [1.54, 1.807) is 19.2 Å². The summed E-state index contributed by atoms with van der Waals surface area (Å²) in [5, 5.41) is 6.13. The molecular formula is C16H27FIN3O4S. The molecule has 1 aromatic rings. The van der Waals surface area contributed by atoms with Gasteiger partial charge in [0.1, 0.15) is 27.5 Å². The number of rotatable bonds is 10. The topological polar surface area (TPSA) is 89.0 Å². The first-order valence-electron chi connectivity index (χ1n) is 7.92. The molecule has 0 bridgehead atoms. The van der Waals surface area contributed by atoms with Gasteiger partial charge in [-0.3, -0.25) is 4.99 Å². The molecule has 0 fully saturated rings. The lowest BCUT2D eigenvalue weighted by molar-refractivity contribution is 0.154. The molecule has 0 saturated heterocycles. The minimum Gasteiger partial charge on any atom is -0.489 e. The van der Waals surface area contributed by atoms with E-state index < -0.39 is 9.84 Å². The Labute approximate surface area is 171 Å². The fourth-order valence-corrected chi connectivity index (χ4v) is 2.25. The molecule has 0 amide bonds. The Morgan fingerprint density at radius 2 is 2.04 bits per heavy atom. The zero-order chi connectivity index (χ0) is 18.7. The summed E-state index contributed by atoms with van der Waals surface area (Å²) in [6.45, 7) is 3.36. The standard InChI is InChI=1S/C16H26FN3O4S.HI/c1-13(24-15-6-4-5-14(17)11-15)12-20-16(18-2)19-7-8-23-9-10-25(3,21)22;/h4-6,11,13H,7-10,12H2,1-3H3,(H2,18,19,20);1H. The second kappa shape index (κ2) is 13.1. The van der Waals surface area contributed by atoms with Crippen LogP contribution in [0.4, 0.5) is 4.39 Å². The van der Waals surface area contributed by atoms with E-state index in [1.807, 2.05) is 6.92 Å². The Morgan fingerprint density at radius 3 is 2.65 bits per heavy atom. The van der Waals surface area contributed by atoms with Gasteiger partial charge < -0.3 is 20.1 Å². The van der Waals surface area contributed by atoms with E-state index in [-0.39, 0.29) is 48.3 Å². The number of halogens is 2. The van der Waals surface area contributed by atoms with Crippen molar-refractivity contribution < 1.29 is 22.3 Å². The van der Waals surface area contributed by atoms with Gasteiger partial charge in [-0.15, -0.1) is 24.0 Å². The molecule has 1 unspecified atom stereocenters. The number of nitrogens with zero attached hydrogens (tertiary/aromatic N) is 1. The third-order valence-electron chi connectivity index (χ3n) is 3.05. The predicted octanol–water partition coefficient (Wildman–Crippen LogP) is 1.44. The molecular weight excluding hydrogens is 476 g/mol. The summed E-state index contributed by atoms with van der Waals surface area (Å²) >= 11 is 0. The highest BCUT2D eigenvalue weighted by Gasteiger charge is 2.06. The number of hydrogen-bond donors (Lipinski definition) is 2. The zero-order valence-electron chi connectivity index (χ0n) is 15.2. The Hall–Kier alpha value is -1.14. The quantitative estimate of drug-likeness (QED) is 0.218. The number of guanidine groups is 1. The molecule has 7 nitrogen and oxygen atoms in total. The van der Waals surface area contributed by atoms with Crippen molar-refractivity contribution in [3.63, 3.8) is 0 Å². The number of benzene rings is 1. The van der Waals surface area contributed by atoms with Crippen molar-refractivity contribution in [1.29, 1.82) is 0 Å². The molecule has 0 saturated carbocycles. The average Bonchev–Trinajstić information content (AvgIpc) is 2.52. The Bertz CT molecular complexity index is 659. The summed E-state index contributed by atoms with van der Waals surface area (Å²) in [5.74, 6) is 0.707. The van der Waals surface area contributed by atoms with Gasteiger partial charge in [0.25, 0.3) is 0 Å². The van der Waals surface area contributed by atoms with E-state index in [1.165, 1.54) is 18.4 Å². The van der Waals surface area contributed by atoms with Crippen LogP contribution in [0.5, 0.6) is 5.75 Å². The highest BCUT2D eigenvalue weighted by molar-refractivity contribution is 14.0. The summed E-state index contributed by atoms with van der Waals surface area (Å²) in [6.07, 6.45) is 0.985. The van der Waals surface area contributed by atoms with Crippen LogP contribution in [-0.4, -0.2) is 65.8 Å². The van der Waals surface area contributed by atoms with Gasteiger partial charge in [0.05, 0.1) is 25.5 Å². The Morgan fingerprint density at radius 1 is 1.31 bits per heavy atom. The lowest BCUT2D eigenvalue weighted by Gasteiger charge is -2.17. The van der Waals surface area contributed by atoms with Crippen molar-refractivity contribution in [2.45, 2.75) is 13.0 Å². The molecule has 0 aliphatic carbocycles. The van der Waals surface area contributed by atoms with E-state index in [0.29, 0.717) is 31.4 Å². The van der Waals surface area contributed by atoms with E-state index in [4.69, 9.17) is 9.47 Å². The van der Waals surface area contributed by atoms with Gasteiger partial charge in [0.2, 0.25) is 0 Å². The molecule has 150 valence electrons. The third-order valence-corrected chi connectivity index (χ3v) is 3.96. The molecule has 0 aliphatic heterocycles. The van der Waals surface area contributed by atoms with Crippen molar-refractivity contribution in [1.82, 2.24) is 10.6 Å². The fourth-order valence-electron chi connectivity index (χ4n) is 1.83. The second-order valence-electron chi connectivity index (χ2n) is 5.51. The van der Waals surface area contributed by atoms with Crippen molar-refractivity contribution in [2.24, 2.45) is 4.99 Å². The van der Waals surface area contributed by atoms with Crippen LogP contribution in [0, 0.1) is 5.82 Å². The zero-order valence-corrected chi connectivity index (χ0v) is 18.3. The van der Waals surface area contributed by atoms with E-state index in [9.17, 15) is 12.8 Å². The highest BCUT2D eigenvalue weighted by atomic mass is 127. The summed E-state index contributed by atoms with van der Waals surface area (Å²) in [5.41, 5.74) is 0. The van der Waals surface area contributed by atoms with Crippen LogP contribution in [0.25, 0.3) is 0 Å². The molecule has 2 N–H and O–H groups in total. The SMILES string of the molecule is CN=C(NCCOCCS(C)(=O)=O)NCC(C)Oc1cccc(F)c1.I. The average molecular weight is 503 g/mol. The molecule has 0 spiro atoms. The number of aliphatic imine (C=N–C) groups is 1.